The van der Waals surface area contributed by atoms with Crippen LogP contribution in [0.25, 0.3) is 11.1 Å². The molecule has 0 radical (unpaired) electrons. The van der Waals surface area contributed by atoms with Gasteiger partial charge in [-0.2, -0.15) is 60.6 Å². The molecule has 3 aromatic rings. The van der Waals surface area contributed by atoms with E-state index in [4.69, 9.17) is 0 Å². The molecule has 0 bridgehead atoms. The molecule has 0 N–H and O–H groups in total. The highest BCUT2D eigenvalue weighted by Gasteiger charge is 2.39. The molecule has 0 aliphatic carbocycles. The summed E-state index contributed by atoms with van der Waals surface area (Å²) in [4.78, 5) is 8.51. The van der Waals surface area contributed by atoms with Crippen LogP contribution in [0.5, 0.6) is 0 Å². The van der Waals surface area contributed by atoms with Crippen LogP contribution < -0.4 is 0 Å². The molecule has 15 heteroatoms. The van der Waals surface area contributed by atoms with Crippen molar-refractivity contribution in [3.63, 3.8) is 0 Å². The van der Waals surface area contributed by atoms with E-state index in [0.29, 0.717) is 12.1 Å². The van der Waals surface area contributed by atoms with Gasteiger partial charge >= 0.3 is 18.5 Å². The van der Waals surface area contributed by atoms with Crippen LogP contribution in [0.15, 0.2) is 69.7 Å². The van der Waals surface area contributed by atoms with Gasteiger partial charge in [-0.15, -0.1) is 0 Å². The summed E-state index contributed by atoms with van der Waals surface area (Å²) >= 11 is 0. The minimum absolute atomic E-state index is 0.0453. The number of nitrogens with zero attached hydrogens (tertiary/aromatic N) is 6. The first-order valence-corrected chi connectivity index (χ1v) is 12.9. The number of hydrogen-bond acceptors (Lipinski definition) is 6. The molecule has 0 saturated heterocycles. The van der Waals surface area contributed by atoms with Crippen molar-refractivity contribution in [2.75, 3.05) is 0 Å². The first-order valence-electron chi connectivity index (χ1n) is 12.9. The zero-order valence-corrected chi connectivity index (χ0v) is 23.2. The molecular weight excluding hydrogens is 639 g/mol. The first-order chi connectivity index (χ1) is 21.9. The van der Waals surface area contributed by atoms with Crippen LogP contribution in [0.2, 0.25) is 0 Å². The van der Waals surface area contributed by atoms with Gasteiger partial charge in [0.15, 0.2) is 0 Å². The van der Waals surface area contributed by atoms with Crippen molar-refractivity contribution >= 4 is 33.9 Å². The minimum Gasteiger partial charge on any atom is -0.247 e. The topological polar surface area (TPSA) is 120 Å². The monoisotopic (exact) mass is 650 g/mol. The van der Waals surface area contributed by atoms with Gasteiger partial charge in [0.2, 0.25) is 0 Å². The van der Waals surface area contributed by atoms with Gasteiger partial charge in [0.05, 0.1) is 39.5 Å². The van der Waals surface area contributed by atoms with Gasteiger partial charge in [0.25, 0.3) is 0 Å². The Morgan fingerprint density at radius 1 is 0.511 bits per heavy atom. The number of allylic oxidation sites excluding steroid dienone is 4. The van der Waals surface area contributed by atoms with Crippen molar-refractivity contribution in [3.05, 3.63) is 104 Å². The Labute approximate surface area is 258 Å². The van der Waals surface area contributed by atoms with Gasteiger partial charge in [0, 0.05) is 33.4 Å². The molecule has 2 aliphatic rings. The summed E-state index contributed by atoms with van der Waals surface area (Å²) in [6, 6.07) is 12.4. The van der Waals surface area contributed by atoms with Gasteiger partial charge in [-0.3, -0.25) is 0 Å². The quantitative estimate of drug-likeness (QED) is 0.203. The molecule has 0 unspecified atom stereocenters. The largest absolute Gasteiger partial charge is 0.416 e. The third-order valence-electron chi connectivity index (χ3n) is 7.08. The molecule has 5 rings (SSSR count). The Kier molecular flexibility index (Phi) is 7.54. The molecule has 3 aromatic carbocycles. The summed E-state index contributed by atoms with van der Waals surface area (Å²) in [7, 11) is 0. The number of nitriles is 4. The smallest absolute Gasteiger partial charge is 0.247 e. The van der Waals surface area contributed by atoms with Crippen LogP contribution in [-0.4, -0.2) is 11.4 Å². The predicted molar refractivity (Wildman–Crippen MR) is 148 cm³/mol. The fourth-order valence-electron chi connectivity index (χ4n) is 5.14. The maximum atomic E-state index is 13.7. The second kappa shape index (κ2) is 11.0. The van der Waals surface area contributed by atoms with Gasteiger partial charge in [-0.05, 0) is 61.0 Å². The number of alkyl halides is 9. The Hall–Kier alpha value is -6.19. The van der Waals surface area contributed by atoms with Crippen LogP contribution >= 0.6 is 0 Å². The second-order valence-electron chi connectivity index (χ2n) is 10.1. The van der Waals surface area contributed by atoms with Crippen molar-refractivity contribution in [1.82, 2.24) is 0 Å². The number of aryl methyl sites for hydroxylation is 1. The Morgan fingerprint density at radius 3 is 1.23 bits per heavy atom. The molecule has 6 nitrogen and oxygen atoms in total. The lowest BCUT2D eigenvalue weighted by atomic mass is 9.88. The van der Waals surface area contributed by atoms with E-state index in [1.165, 1.54) is 25.1 Å². The molecule has 232 valence electrons. The number of benzene rings is 3. The van der Waals surface area contributed by atoms with E-state index in [2.05, 4.69) is 9.98 Å². The van der Waals surface area contributed by atoms with Gasteiger partial charge in [-0.25, -0.2) is 9.98 Å². The fourth-order valence-corrected chi connectivity index (χ4v) is 5.14. The van der Waals surface area contributed by atoms with Crippen LogP contribution in [0.4, 0.5) is 50.9 Å². The summed E-state index contributed by atoms with van der Waals surface area (Å²) in [5.74, 6) is 0. The van der Waals surface area contributed by atoms with Crippen molar-refractivity contribution in [2.45, 2.75) is 25.5 Å². The van der Waals surface area contributed by atoms with Crippen molar-refractivity contribution < 1.29 is 39.5 Å². The van der Waals surface area contributed by atoms with E-state index < -0.39 is 63.2 Å². The number of hydrogen-bond donors (Lipinski definition) is 0. The molecule has 2 heterocycles. The van der Waals surface area contributed by atoms with E-state index in [0.717, 1.165) is 12.1 Å². The Balaban J connectivity index is 1.81. The fraction of sp³-hybridized carbons (Fsp3) is 0.125. The van der Waals surface area contributed by atoms with E-state index >= 15 is 0 Å². The lowest BCUT2D eigenvalue weighted by molar-refractivity contribution is -0.143. The van der Waals surface area contributed by atoms with Crippen LogP contribution in [0.1, 0.15) is 44.5 Å². The van der Waals surface area contributed by atoms with Crippen LogP contribution in [0.3, 0.4) is 0 Å². The summed E-state index contributed by atoms with van der Waals surface area (Å²) in [6.07, 6.45) is -15.2. The molecule has 47 heavy (non-hydrogen) atoms. The Morgan fingerprint density at radius 2 is 0.872 bits per heavy atom. The van der Waals surface area contributed by atoms with E-state index in [9.17, 15) is 60.6 Å². The average Bonchev–Trinajstić information content (AvgIpc) is 3.54. The predicted octanol–water partition coefficient (Wildman–Crippen LogP) is 8.92. The summed E-state index contributed by atoms with van der Waals surface area (Å²) < 4.78 is 123. The number of rotatable bonds is 2. The highest BCUT2D eigenvalue weighted by molar-refractivity contribution is 6.40. The summed E-state index contributed by atoms with van der Waals surface area (Å²) in [5, 5.41) is 38.9. The summed E-state index contributed by atoms with van der Waals surface area (Å²) in [5.41, 5.74) is -8.30. The maximum absolute atomic E-state index is 13.7. The Bertz CT molecular complexity index is 2140. The molecule has 0 fully saturated rings. The third kappa shape index (κ3) is 5.71. The van der Waals surface area contributed by atoms with Crippen LogP contribution in [-0.2, 0) is 18.5 Å². The zero-order valence-electron chi connectivity index (χ0n) is 23.2. The lowest BCUT2D eigenvalue weighted by Gasteiger charge is -2.15. The number of fused-ring (bicyclic) bond motifs is 2. The highest BCUT2D eigenvalue weighted by Crippen LogP contribution is 2.49. The first kappa shape index (κ1) is 32.2. The van der Waals surface area contributed by atoms with Gasteiger partial charge < -0.3 is 0 Å². The van der Waals surface area contributed by atoms with Gasteiger partial charge in [0.1, 0.15) is 35.4 Å². The second-order valence-corrected chi connectivity index (χ2v) is 10.1. The van der Waals surface area contributed by atoms with E-state index in [-0.39, 0.29) is 51.0 Å². The molecule has 0 saturated carbocycles. The molecule has 2 aliphatic heterocycles. The van der Waals surface area contributed by atoms with Crippen molar-refractivity contribution in [2.24, 2.45) is 9.98 Å². The SMILES string of the molecule is Cc1cc(C2=Nc3cc4c(cc3C2=C(C#N)C#N)C(=C(C#N)C#N)C(c2cc(C(F)(F)F)cc(C(F)(F)F)c2)=N4)cc(C(F)(F)F)c1. The maximum Gasteiger partial charge on any atom is 0.416 e. The molecular formula is C32H11F9N6. The lowest BCUT2D eigenvalue weighted by Crippen LogP contribution is -2.14. The van der Waals surface area contributed by atoms with E-state index in [1.807, 2.05) is 0 Å². The van der Waals surface area contributed by atoms with Crippen molar-refractivity contribution in [1.29, 1.82) is 21.0 Å². The molecule has 0 aromatic heterocycles. The highest BCUT2D eigenvalue weighted by atomic mass is 19.4. The molecule has 0 atom stereocenters. The average molecular weight is 650 g/mol. The van der Waals surface area contributed by atoms with Gasteiger partial charge in [-0.1, -0.05) is 0 Å². The zero-order chi connectivity index (χ0) is 34.6. The number of aliphatic imine (C=N–C) groups is 2. The summed E-state index contributed by atoms with van der Waals surface area (Å²) in [6.45, 7) is 1.38. The number of halogens is 9. The van der Waals surface area contributed by atoms with Crippen molar-refractivity contribution in [3.8, 4) is 24.3 Å². The van der Waals surface area contributed by atoms with E-state index in [1.54, 1.807) is 24.3 Å². The third-order valence-corrected chi connectivity index (χ3v) is 7.08. The minimum atomic E-state index is -5.22. The normalized spacial score (nSPS) is 13.8. The van der Waals surface area contributed by atoms with Crippen LogP contribution in [0, 0.1) is 52.2 Å². The molecule has 0 spiro atoms. The molecule has 0 amide bonds. The standard InChI is InChI=1S/C32H11F9N6/c1-14-2-15(4-19(3-14)30(33,34)35)28-26(17(10-42)11-43)22-8-23-25(9-24(22)46-28)47-29(27(23)18(12-44)13-45)16-5-20(31(36,37)38)7-21(6-16)32(39,40)41/h2-9H,1H3.